The van der Waals surface area contributed by atoms with E-state index in [0.717, 1.165) is 10.0 Å². The highest BCUT2D eigenvalue weighted by molar-refractivity contribution is 9.10. The molecule has 2 aromatic rings. The Balaban J connectivity index is 1.85. The van der Waals surface area contributed by atoms with Gasteiger partial charge in [-0.1, -0.05) is 42.5 Å². The van der Waals surface area contributed by atoms with Gasteiger partial charge in [0.2, 0.25) is 12.0 Å². The molecule has 1 fully saturated rings. The van der Waals surface area contributed by atoms with Crippen molar-refractivity contribution >= 4 is 27.7 Å². The second-order valence-corrected chi connectivity index (χ2v) is 6.87. The van der Waals surface area contributed by atoms with Crippen molar-refractivity contribution in [3.8, 4) is 5.75 Å². The molecule has 1 aliphatic heterocycles. The highest BCUT2D eigenvalue weighted by atomic mass is 79.9. The molecule has 0 aliphatic carbocycles. The topological polar surface area (TPSA) is 72.6 Å². The zero-order chi connectivity index (χ0) is 17.8. The summed E-state index contributed by atoms with van der Waals surface area (Å²) in [7, 11) is 0. The van der Waals surface area contributed by atoms with Crippen LogP contribution in [0.3, 0.4) is 0 Å². The van der Waals surface area contributed by atoms with E-state index in [0.29, 0.717) is 25.3 Å². The van der Waals surface area contributed by atoms with Gasteiger partial charge in [-0.25, -0.2) is 0 Å². The number of nitrogens with two attached hydrogens (primary N) is 1. The Bertz CT molecular complexity index is 766. The minimum absolute atomic E-state index is 0.161. The Morgan fingerprint density at radius 1 is 1.12 bits per heavy atom. The molecule has 0 aromatic heterocycles. The fourth-order valence-electron chi connectivity index (χ4n) is 2.91. The summed E-state index contributed by atoms with van der Waals surface area (Å²) in [4.78, 5) is 26.1. The highest BCUT2D eigenvalue weighted by Crippen LogP contribution is 2.31. The Kier molecular flexibility index (Phi) is 5.38. The molecular formula is C19H19BrN2O3. The van der Waals surface area contributed by atoms with Gasteiger partial charge in [0.1, 0.15) is 5.75 Å². The summed E-state index contributed by atoms with van der Waals surface area (Å²) in [6.07, 6.45) is -0.177. The van der Waals surface area contributed by atoms with Crippen molar-refractivity contribution in [2.24, 2.45) is 11.7 Å². The van der Waals surface area contributed by atoms with E-state index < -0.39 is 6.10 Å². The molecule has 2 aromatic carbocycles. The van der Waals surface area contributed by atoms with Crippen LogP contribution < -0.4 is 10.5 Å². The first-order valence-electron chi connectivity index (χ1n) is 8.10. The van der Waals surface area contributed by atoms with E-state index in [4.69, 9.17) is 10.5 Å². The maximum absolute atomic E-state index is 13.1. The SMILES string of the molecule is NC(=O)[C@@H]1CCN(C(=O)[C@H](Oc2ccccc2Br)c2ccccc2)C1. The van der Waals surface area contributed by atoms with Gasteiger partial charge in [0.25, 0.3) is 5.91 Å². The number of hydrogen-bond acceptors (Lipinski definition) is 3. The van der Waals surface area contributed by atoms with Crippen molar-refractivity contribution in [1.82, 2.24) is 4.90 Å². The van der Waals surface area contributed by atoms with Crippen LogP contribution >= 0.6 is 15.9 Å². The molecule has 0 unspecified atom stereocenters. The van der Waals surface area contributed by atoms with Crippen LogP contribution in [0.1, 0.15) is 18.1 Å². The van der Waals surface area contributed by atoms with Gasteiger partial charge in [0.15, 0.2) is 0 Å². The first-order chi connectivity index (χ1) is 12.1. The molecule has 2 atom stereocenters. The third-order valence-corrected chi connectivity index (χ3v) is 4.97. The number of likely N-dealkylation sites (tertiary alicyclic amines) is 1. The van der Waals surface area contributed by atoms with Crippen molar-refractivity contribution in [2.75, 3.05) is 13.1 Å². The standard InChI is InChI=1S/C19H19BrN2O3/c20-15-8-4-5-9-16(15)25-17(13-6-2-1-3-7-13)19(24)22-11-10-14(12-22)18(21)23/h1-9,14,17H,10-12H2,(H2,21,23)/t14-,17-/m1/s1. The van der Waals surface area contributed by atoms with E-state index in [2.05, 4.69) is 15.9 Å². The van der Waals surface area contributed by atoms with Crippen molar-refractivity contribution in [3.63, 3.8) is 0 Å². The van der Waals surface area contributed by atoms with Gasteiger partial charge in [-0.15, -0.1) is 0 Å². The van der Waals surface area contributed by atoms with Crippen LogP contribution in [0.2, 0.25) is 0 Å². The number of nitrogens with zero attached hydrogens (tertiary/aromatic N) is 1. The summed E-state index contributed by atoms with van der Waals surface area (Å²) in [6.45, 7) is 0.853. The molecule has 0 saturated carbocycles. The largest absolute Gasteiger partial charge is 0.475 e. The number of ether oxygens (including phenoxy) is 1. The van der Waals surface area contributed by atoms with Crippen LogP contribution in [0.5, 0.6) is 5.75 Å². The molecule has 0 radical (unpaired) electrons. The Morgan fingerprint density at radius 3 is 2.44 bits per heavy atom. The lowest BCUT2D eigenvalue weighted by Gasteiger charge is -2.25. The summed E-state index contributed by atoms with van der Waals surface area (Å²) >= 11 is 3.45. The maximum atomic E-state index is 13.1. The van der Waals surface area contributed by atoms with Gasteiger partial charge in [-0.05, 0) is 34.5 Å². The predicted molar refractivity (Wildman–Crippen MR) is 97.8 cm³/mol. The van der Waals surface area contributed by atoms with Crippen LogP contribution in [-0.2, 0) is 9.59 Å². The van der Waals surface area contributed by atoms with Crippen molar-refractivity contribution in [3.05, 3.63) is 64.6 Å². The van der Waals surface area contributed by atoms with E-state index in [1.807, 2.05) is 54.6 Å². The summed E-state index contributed by atoms with van der Waals surface area (Å²) in [5.74, 6) is -0.219. The fraction of sp³-hybridized carbons (Fsp3) is 0.263. The van der Waals surface area contributed by atoms with Crippen LogP contribution in [0.25, 0.3) is 0 Å². The molecule has 5 nitrogen and oxygen atoms in total. The number of amides is 2. The second-order valence-electron chi connectivity index (χ2n) is 6.01. The summed E-state index contributed by atoms with van der Waals surface area (Å²) in [6, 6.07) is 16.8. The summed E-state index contributed by atoms with van der Waals surface area (Å²) < 4.78 is 6.82. The summed E-state index contributed by atoms with van der Waals surface area (Å²) in [5, 5.41) is 0. The van der Waals surface area contributed by atoms with E-state index >= 15 is 0 Å². The lowest BCUT2D eigenvalue weighted by atomic mass is 10.1. The van der Waals surface area contributed by atoms with E-state index in [9.17, 15) is 9.59 Å². The average Bonchev–Trinajstić information content (AvgIpc) is 3.12. The van der Waals surface area contributed by atoms with E-state index in [1.54, 1.807) is 4.90 Å². The molecule has 2 N–H and O–H groups in total. The molecule has 130 valence electrons. The molecule has 0 bridgehead atoms. The van der Waals surface area contributed by atoms with Crippen LogP contribution in [0, 0.1) is 5.92 Å². The molecule has 6 heteroatoms. The van der Waals surface area contributed by atoms with Gasteiger partial charge in [0, 0.05) is 18.7 Å². The van der Waals surface area contributed by atoms with Gasteiger partial charge < -0.3 is 15.4 Å². The molecule has 0 spiro atoms. The predicted octanol–water partition coefficient (Wildman–Crippen LogP) is 2.90. The van der Waals surface area contributed by atoms with Gasteiger partial charge in [-0.2, -0.15) is 0 Å². The van der Waals surface area contributed by atoms with E-state index in [1.165, 1.54) is 0 Å². The highest BCUT2D eigenvalue weighted by Gasteiger charge is 2.35. The number of halogens is 1. The number of primary amides is 1. The number of hydrogen-bond donors (Lipinski definition) is 1. The third-order valence-electron chi connectivity index (χ3n) is 4.31. The molecular weight excluding hydrogens is 384 g/mol. The summed E-state index contributed by atoms with van der Waals surface area (Å²) in [5.41, 5.74) is 6.15. The quantitative estimate of drug-likeness (QED) is 0.835. The molecule has 2 amide bonds. The maximum Gasteiger partial charge on any atom is 0.268 e. The average molecular weight is 403 g/mol. The number of carbonyl (C=O) groups is 2. The molecule has 1 saturated heterocycles. The van der Waals surface area contributed by atoms with Gasteiger partial charge >= 0.3 is 0 Å². The number of carbonyl (C=O) groups excluding carboxylic acids is 2. The van der Waals surface area contributed by atoms with Crippen LogP contribution in [0.15, 0.2) is 59.1 Å². The van der Waals surface area contributed by atoms with Gasteiger partial charge in [-0.3, -0.25) is 9.59 Å². The van der Waals surface area contributed by atoms with Gasteiger partial charge in [0.05, 0.1) is 10.4 Å². The molecule has 1 heterocycles. The molecule has 1 aliphatic rings. The Morgan fingerprint density at radius 2 is 1.80 bits per heavy atom. The fourth-order valence-corrected chi connectivity index (χ4v) is 3.29. The minimum atomic E-state index is -0.772. The zero-order valence-electron chi connectivity index (χ0n) is 13.6. The van der Waals surface area contributed by atoms with Crippen molar-refractivity contribution in [2.45, 2.75) is 12.5 Å². The van der Waals surface area contributed by atoms with Crippen LogP contribution in [0.4, 0.5) is 0 Å². The molecule has 3 rings (SSSR count). The Hall–Kier alpha value is -2.34. The lowest BCUT2D eigenvalue weighted by Crippen LogP contribution is -2.37. The Labute approximate surface area is 154 Å². The lowest BCUT2D eigenvalue weighted by molar-refractivity contribution is -0.138. The number of para-hydroxylation sites is 1. The first kappa shape index (κ1) is 17.5. The van der Waals surface area contributed by atoms with E-state index in [-0.39, 0.29) is 17.7 Å². The smallest absolute Gasteiger partial charge is 0.268 e. The van der Waals surface area contributed by atoms with Crippen LogP contribution in [-0.4, -0.2) is 29.8 Å². The van der Waals surface area contributed by atoms with Crippen molar-refractivity contribution in [1.29, 1.82) is 0 Å². The molecule has 25 heavy (non-hydrogen) atoms. The zero-order valence-corrected chi connectivity index (χ0v) is 15.2. The minimum Gasteiger partial charge on any atom is -0.475 e. The third kappa shape index (κ3) is 4.02. The first-order valence-corrected chi connectivity index (χ1v) is 8.90. The number of benzene rings is 2. The second kappa shape index (κ2) is 7.70. The number of rotatable bonds is 5. The normalized spacial score (nSPS) is 18.0. The monoisotopic (exact) mass is 402 g/mol. The van der Waals surface area contributed by atoms with Crippen molar-refractivity contribution < 1.29 is 14.3 Å².